The van der Waals surface area contributed by atoms with E-state index in [0.29, 0.717) is 5.02 Å². The maximum absolute atomic E-state index is 12.7. The summed E-state index contributed by atoms with van der Waals surface area (Å²) in [5.41, 5.74) is 2.09. The average molecular weight is 511 g/mol. The number of carbonyl (C=O) groups excluding carboxylic acids is 2. The van der Waals surface area contributed by atoms with Crippen molar-refractivity contribution in [3.05, 3.63) is 93.1 Å². The Morgan fingerprint density at radius 2 is 1.66 bits per heavy atom. The van der Waals surface area contributed by atoms with Gasteiger partial charge in [-0.1, -0.05) is 66.2 Å². The first-order valence-electron chi connectivity index (χ1n) is 11.9. The molecule has 1 aliphatic heterocycles. The van der Waals surface area contributed by atoms with Gasteiger partial charge < -0.3 is 10.6 Å². The highest BCUT2D eigenvalue weighted by atomic mass is 35.5. The number of thiophene rings is 1. The van der Waals surface area contributed by atoms with E-state index in [-0.39, 0.29) is 18.6 Å². The van der Waals surface area contributed by atoms with Gasteiger partial charge in [0.1, 0.15) is 0 Å². The minimum Gasteiger partial charge on any atom is -0.344 e. The normalized spacial score (nSPS) is 16.4. The van der Waals surface area contributed by atoms with Gasteiger partial charge in [-0.05, 0) is 35.6 Å². The quantitative estimate of drug-likeness (QED) is 0.448. The topological polar surface area (TPSA) is 64.7 Å². The van der Waals surface area contributed by atoms with Crippen molar-refractivity contribution in [2.45, 2.75) is 32.1 Å². The SMILES string of the molecule is CC(NC(=O)C(=O)NCc1ccccc1Cl)C(c1cccs1)N1CCN(Cc2ccccc2)CC1. The lowest BCUT2D eigenvalue weighted by Gasteiger charge is -2.41. The van der Waals surface area contributed by atoms with Gasteiger partial charge in [0.2, 0.25) is 0 Å². The monoisotopic (exact) mass is 510 g/mol. The zero-order chi connectivity index (χ0) is 24.6. The summed E-state index contributed by atoms with van der Waals surface area (Å²) >= 11 is 7.83. The summed E-state index contributed by atoms with van der Waals surface area (Å²) in [6.07, 6.45) is 0. The molecule has 1 aromatic heterocycles. The molecule has 0 saturated carbocycles. The van der Waals surface area contributed by atoms with Crippen molar-refractivity contribution >= 4 is 34.8 Å². The molecule has 184 valence electrons. The molecular weight excluding hydrogens is 480 g/mol. The molecule has 8 heteroatoms. The summed E-state index contributed by atoms with van der Waals surface area (Å²) in [7, 11) is 0. The Balaban J connectivity index is 1.34. The largest absolute Gasteiger partial charge is 0.344 e. The van der Waals surface area contributed by atoms with Gasteiger partial charge in [0.15, 0.2) is 0 Å². The van der Waals surface area contributed by atoms with Crippen LogP contribution in [0.4, 0.5) is 0 Å². The Kier molecular flexibility index (Phi) is 8.93. The summed E-state index contributed by atoms with van der Waals surface area (Å²) < 4.78 is 0. The second-order valence-corrected chi connectivity index (χ2v) is 10.2. The van der Waals surface area contributed by atoms with E-state index in [9.17, 15) is 9.59 Å². The molecule has 4 rings (SSSR count). The van der Waals surface area contributed by atoms with Gasteiger partial charge in [-0.2, -0.15) is 0 Å². The van der Waals surface area contributed by atoms with E-state index >= 15 is 0 Å². The maximum Gasteiger partial charge on any atom is 0.309 e. The molecule has 3 aromatic rings. The van der Waals surface area contributed by atoms with E-state index in [2.05, 4.69) is 56.1 Å². The highest BCUT2D eigenvalue weighted by Crippen LogP contribution is 2.29. The number of halogens is 1. The van der Waals surface area contributed by atoms with Crippen LogP contribution in [0.3, 0.4) is 0 Å². The fraction of sp³-hybridized carbons (Fsp3) is 0.333. The van der Waals surface area contributed by atoms with Crippen LogP contribution in [-0.2, 0) is 22.7 Å². The number of nitrogens with zero attached hydrogens (tertiary/aromatic N) is 2. The number of carbonyl (C=O) groups is 2. The average Bonchev–Trinajstić information content (AvgIpc) is 3.39. The van der Waals surface area contributed by atoms with Gasteiger partial charge in [-0.15, -0.1) is 11.3 Å². The fourth-order valence-electron chi connectivity index (χ4n) is 4.49. The Hall–Kier alpha value is -2.71. The first-order valence-corrected chi connectivity index (χ1v) is 13.1. The van der Waals surface area contributed by atoms with Gasteiger partial charge >= 0.3 is 11.8 Å². The molecule has 2 unspecified atom stereocenters. The molecule has 0 radical (unpaired) electrons. The van der Waals surface area contributed by atoms with E-state index in [1.807, 2.05) is 37.3 Å². The Bertz CT molecular complexity index is 1100. The highest BCUT2D eigenvalue weighted by molar-refractivity contribution is 7.10. The van der Waals surface area contributed by atoms with Gasteiger partial charge in [0, 0.05) is 55.2 Å². The van der Waals surface area contributed by atoms with Crippen molar-refractivity contribution in [3.8, 4) is 0 Å². The third kappa shape index (κ3) is 6.92. The molecule has 2 aromatic carbocycles. The van der Waals surface area contributed by atoms with Crippen LogP contribution in [0.25, 0.3) is 0 Å². The first kappa shape index (κ1) is 25.4. The summed E-state index contributed by atoms with van der Waals surface area (Å²) in [5.74, 6) is -1.29. The summed E-state index contributed by atoms with van der Waals surface area (Å²) in [6.45, 7) is 6.82. The fourth-order valence-corrected chi connectivity index (χ4v) is 5.66. The summed E-state index contributed by atoms with van der Waals surface area (Å²) in [5, 5.41) is 8.22. The van der Waals surface area contributed by atoms with Crippen LogP contribution >= 0.6 is 22.9 Å². The molecule has 2 N–H and O–H groups in total. The second-order valence-electron chi connectivity index (χ2n) is 8.79. The lowest BCUT2D eigenvalue weighted by Crippen LogP contribution is -2.53. The van der Waals surface area contributed by atoms with Crippen LogP contribution in [-0.4, -0.2) is 53.8 Å². The van der Waals surface area contributed by atoms with Crippen LogP contribution in [0.2, 0.25) is 5.02 Å². The van der Waals surface area contributed by atoms with E-state index in [4.69, 9.17) is 11.6 Å². The zero-order valence-electron chi connectivity index (χ0n) is 19.8. The molecule has 35 heavy (non-hydrogen) atoms. The molecule has 1 fully saturated rings. The number of nitrogens with one attached hydrogen (secondary N) is 2. The molecule has 2 amide bonds. The molecule has 0 bridgehead atoms. The molecule has 2 atom stereocenters. The molecule has 1 aliphatic rings. The molecule has 1 saturated heterocycles. The van der Waals surface area contributed by atoms with Crippen molar-refractivity contribution in [3.63, 3.8) is 0 Å². The van der Waals surface area contributed by atoms with E-state index in [1.165, 1.54) is 10.4 Å². The Morgan fingerprint density at radius 1 is 0.943 bits per heavy atom. The van der Waals surface area contributed by atoms with Crippen LogP contribution in [0.1, 0.15) is 29.0 Å². The third-order valence-corrected chi connectivity index (χ3v) is 7.63. The number of benzene rings is 2. The molecule has 6 nitrogen and oxygen atoms in total. The lowest BCUT2D eigenvalue weighted by molar-refractivity contribution is -0.140. The smallest absolute Gasteiger partial charge is 0.309 e. The standard InChI is InChI=1S/C27H31ClN4O2S/c1-20(30-27(34)26(33)29-18-22-10-5-6-11-23(22)28)25(24-12-7-17-35-24)32-15-13-31(14-16-32)19-21-8-3-2-4-9-21/h2-12,17,20,25H,13-16,18-19H2,1H3,(H,29,33)(H,30,34). The third-order valence-electron chi connectivity index (χ3n) is 6.32. The Morgan fingerprint density at radius 3 is 2.34 bits per heavy atom. The van der Waals surface area contributed by atoms with Crippen molar-refractivity contribution in [2.24, 2.45) is 0 Å². The van der Waals surface area contributed by atoms with Crippen LogP contribution < -0.4 is 10.6 Å². The predicted octanol–water partition coefficient (Wildman–Crippen LogP) is 4.08. The van der Waals surface area contributed by atoms with Gasteiger partial charge in [0.05, 0.1) is 6.04 Å². The van der Waals surface area contributed by atoms with Crippen LogP contribution in [0, 0.1) is 0 Å². The first-order chi connectivity index (χ1) is 17.0. The summed E-state index contributed by atoms with van der Waals surface area (Å²) in [4.78, 5) is 31.2. The molecule has 0 aliphatic carbocycles. The lowest BCUT2D eigenvalue weighted by atomic mass is 10.0. The number of hydrogen-bond acceptors (Lipinski definition) is 5. The van der Waals surface area contributed by atoms with Crippen molar-refractivity contribution in [1.29, 1.82) is 0 Å². The van der Waals surface area contributed by atoms with E-state index in [0.717, 1.165) is 38.3 Å². The van der Waals surface area contributed by atoms with Crippen molar-refractivity contribution < 1.29 is 9.59 Å². The Labute approximate surface area is 215 Å². The number of rotatable bonds is 8. The van der Waals surface area contributed by atoms with Gasteiger partial charge in [-0.3, -0.25) is 19.4 Å². The van der Waals surface area contributed by atoms with Crippen molar-refractivity contribution in [1.82, 2.24) is 20.4 Å². The van der Waals surface area contributed by atoms with Gasteiger partial charge in [-0.25, -0.2) is 0 Å². The highest BCUT2D eigenvalue weighted by Gasteiger charge is 2.31. The molecular formula is C27H31ClN4O2S. The number of amides is 2. The number of hydrogen-bond donors (Lipinski definition) is 2. The van der Waals surface area contributed by atoms with Crippen molar-refractivity contribution in [2.75, 3.05) is 26.2 Å². The van der Waals surface area contributed by atoms with E-state index < -0.39 is 11.8 Å². The van der Waals surface area contributed by atoms with Crippen LogP contribution in [0.5, 0.6) is 0 Å². The zero-order valence-corrected chi connectivity index (χ0v) is 21.4. The predicted molar refractivity (Wildman–Crippen MR) is 141 cm³/mol. The molecule has 0 spiro atoms. The second kappa shape index (κ2) is 12.3. The maximum atomic E-state index is 12.7. The minimum absolute atomic E-state index is 0.00851. The van der Waals surface area contributed by atoms with Gasteiger partial charge in [0.25, 0.3) is 0 Å². The van der Waals surface area contributed by atoms with Crippen LogP contribution in [0.15, 0.2) is 72.1 Å². The molecule has 2 heterocycles. The minimum atomic E-state index is -0.658. The number of piperazine rings is 1. The summed E-state index contributed by atoms with van der Waals surface area (Å²) in [6, 6.07) is 21.7. The van der Waals surface area contributed by atoms with E-state index in [1.54, 1.807) is 17.4 Å².